The summed E-state index contributed by atoms with van der Waals surface area (Å²) in [6.07, 6.45) is 0.358. The number of nitrogens with one attached hydrogen (secondary N) is 2. The number of hydrogen-bond donors (Lipinski definition) is 3. The van der Waals surface area contributed by atoms with Crippen LogP contribution in [0.4, 0.5) is 0 Å². The Kier molecular flexibility index (Phi) is 5.15. The molecule has 0 unspecified atom stereocenters. The normalized spacial score (nSPS) is 10.9. The molecule has 0 atom stereocenters. The SMILES string of the molecule is CCC(=O)NCC(=O)NC(C)(C)CO. The van der Waals surface area contributed by atoms with Crippen LogP contribution in [-0.2, 0) is 9.59 Å². The van der Waals surface area contributed by atoms with Gasteiger partial charge in [0, 0.05) is 6.42 Å². The fourth-order valence-electron chi connectivity index (χ4n) is 0.765. The lowest BCUT2D eigenvalue weighted by atomic mass is 10.1. The van der Waals surface area contributed by atoms with Gasteiger partial charge in [-0.3, -0.25) is 9.59 Å². The average Bonchev–Trinajstić information content (AvgIpc) is 2.13. The van der Waals surface area contributed by atoms with Crippen LogP contribution in [0.5, 0.6) is 0 Å². The van der Waals surface area contributed by atoms with Crippen LogP contribution in [-0.4, -0.2) is 35.6 Å². The lowest BCUT2D eigenvalue weighted by molar-refractivity contribution is -0.127. The topological polar surface area (TPSA) is 78.4 Å². The molecular formula is C9H18N2O3. The molecule has 0 aliphatic rings. The molecule has 0 aromatic carbocycles. The minimum atomic E-state index is -0.645. The smallest absolute Gasteiger partial charge is 0.239 e. The number of hydrogen-bond acceptors (Lipinski definition) is 3. The highest BCUT2D eigenvalue weighted by Gasteiger charge is 2.18. The third-order valence-corrected chi connectivity index (χ3v) is 1.64. The maximum Gasteiger partial charge on any atom is 0.239 e. The molecule has 0 aliphatic heterocycles. The molecule has 0 radical (unpaired) electrons. The van der Waals surface area contributed by atoms with Crippen molar-refractivity contribution in [3.8, 4) is 0 Å². The van der Waals surface area contributed by atoms with Crippen LogP contribution >= 0.6 is 0 Å². The lowest BCUT2D eigenvalue weighted by Gasteiger charge is -2.23. The molecule has 0 spiro atoms. The van der Waals surface area contributed by atoms with Crippen molar-refractivity contribution < 1.29 is 14.7 Å². The van der Waals surface area contributed by atoms with Crippen molar-refractivity contribution in [1.82, 2.24) is 10.6 Å². The molecule has 2 amide bonds. The number of aliphatic hydroxyl groups is 1. The Hall–Kier alpha value is -1.10. The first-order chi connectivity index (χ1) is 6.41. The van der Waals surface area contributed by atoms with E-state index in [2.05, 4.69) is 10.6 Å². The lowest BCUT2D eigenvalue weighted by Crippen LogP contribution is -2.49. The molecule has 0 aliphatic carbocycles. The minimum Gasteiger partial charge on any atom is -0.394 e. The third kappa shape index (κ3) is 5.53. The second kappa shape index (κ2) is 5.59. The first-order valence-electron chi connectivity index (χ1n) is 4.60. The molecule has 0 aromatic rings. The Balaban J connectivity index is 3.82. The Bertz CT molecular complexity index is 214. The molecule has 5 nitrogen and oxygen atoms in total. The van der Waals surface area contributed by atoms with Crippen LogP contribution in [0, 0.1) is 0 Å². The Morgan fingerprint density at radius 2 is 1.86 bits per heavy atom. The van der Waals surface area contributed by atoms with Crippen LogP contribution in [0.2, 0.25) is 0 Å². The van der Waals surface area contributed by atoms with Gasteiger partial charge in [-0.1, -0.05) is 6.92 Å². The van der Waals surface area contributed by atoms with Gasteiger partial charge in [-0.2, -0.15) is 0 Å². The van der Waals surface area contributed by atoms with Crippen molar-refractivity contribution in [3.63, 3.8) is 0 Å². The number of amides is 2. The second-order valence-corrected chi connectivity index (χ2v) is 3.72. The number of rotatable bonds is 5. The van der Waals surface area contributed by atoms with Crippen LogP contribution in [0.3, 0.4) is 0 Å². The van der Waals surface area contributed by atoms with Gasteiger partial charge < -0.3 is 15.7 Å². The van der Waals surface area contributed by atoms with E-state index in [1.807, 2.05) is 0 Å². The predicted octanol–water partition coefficient (Wildman–Crippen LogP) is -0.600. The number of aliphatic hydroxyl groups excluding tert-OH is 1. The van der Waals surface area contributed by atoms with E-state index >= 15 is 0 Å². The standard InChI is InChI=1S/C9H18N2O3/c1-4-7(13)10-5-8(14)11-9(2,3)6-12/h12H,4-6H2,1-3H3,(H,10,13)(H,11,14). The van der Waals surface area contributed by atoms with Crippen molar-refractivity contribution in [2.45, 2.75) is 32.7 Å². The largest absolute Gasteiger partial charge is 0.394 e. The molecule has 5 heteroatoms. The molecule has 14 heavy (non-hydrogen) atoms. The van der Waals surface area contributed by atoms with E-state index in [1.165, 1.54) is 0 Å². The van der Waals surface area contributed by atoms with E-state index in [9.17, 15) is 9.59 Å². The van der Waals surface area contributed by atoms with E-state index in [4.69, 9.17) is 5.11 Å². The van der Waals surface area contributed by atoms with Gasteiger partial charge in [0.05, 0.1) is 18.7 Å². The van der Waals surface area contributed by atoms with Gasteiger partial charge in [0.1, 0.15) is 0 Å². The third-order valence-electron chi connectivity index (χ3n) is 1.64. The van der Waals surface area contributed by atoms with E-state index in [-0.39, 0.29) is 25.0 Å². The summed E-state index contributed by atoms with van der Waals surface area (Å²) in [5, 5.41) is 13.9. The van der Waals surface area contributed by atoms with Crippen molar-refractivity contribution in [2.75, 3.05) is 13.2 Å². The Morgan fingerprint density at radius 1 is 1.29 bits per heavy atom. The van der Waals surface area contributed by atoms with E-state index in [1.54, 1.807) is 20.8 Å². The summed E-state index contributed by atoms with van der Waals surface area (Å²) in [4.78, 5) is 22.0. The van der Waals surface area contributed by atoms with Gasteiger partial charge in [0.25, 0.3) is 0 Å². The molecule has 0 saturated heterocycles. The molecule has 0 rings (SSSR count). The summed E-state index contributed by atoms with van der Waals surface area (Å²) in [5.74, 6) is -0.465. The van der Waals surface area contributed by atoms with Gasteiger partial charge >= 0.3 is 0 Å². The monoisotopic (exact) mass is 202 g/mol. The van der Waals surface area contributed by atoms with E-state index in [0.717, 1.165) is 0 Å². The zero-order chi connectivity index (χ0) is 11.2. The Labute approximate surface area is 83.9 Å². The Morgan fingerprint density at radius 3 is 2.29 bits per heavy atom. The summed E-state index contributed by atoms with van der Waals surface area (Å²) in [6, 6.07) is 0. The van der Waals surface area contributed by atoms with Gasteiger partial charge in [-0.15, -0.1) is 0 Å². The van der Waals surface area contributed by atoms with Crippen molar-refractivity contribution in [1.29, 1.82) is 0 Å². The molecule has 0 bridgehead atoms. The molecular weight excluding hydrogens is 184 g/mol. The molecule has 0 fully saturated rings. The van der Waals surface area contributed by atoms with Gasteiger partial charge in [0.15, 0.2) is 0 Å². The van der Waals surface area contributed by atoms with Crippen molar-refractivity contribution >= 4 is 11.8 Å². The van der Waals surface area contributed by atoms with E-state index < -0.39 is 5.54 Å². The zero-order valence-corrected chi connectivity index (χ0v) is 8.89. The minimum absolute atomic E-state index is 0.0455. The van der Waals surface area contributed by atoms with Crippen LogP contribution in [0.15, 0.2) is 0 Å². The van der Waals surface area contributed by atoms with Crippen molar-refractivity contribution in [3.05, 3.63) is 0 Å². The summed E-state index contributed by atoms with van der Waals surface area (Å²) in [6.45, 7) is 4.93. The van der Waals surface area contributed by atoms with Crippen LogP contribution in [0.25, 0.3) is 0 Å². The van der Waals surface area contributed by atoms with Gasteiger partial charge in [-0.05, 0) is 13.8 Å². The molecule has 0 aromatic heterocycles. The van der Waals surface area contributed by atoms with Crippen LogP contribution in [0.1, 0.15) is 27.2 Å². The quantitative estimate of drug-likeness (QED) is 0.557. The molecule has 0 saturated carbocycles. The van der Waals surface area contributed by atoms with Crippen molar-refractivity contribution in [2.24, 2.45) is 0 Å². The highest BCUT2D eigenvalue weighted by Crippen LogP contribution is 1.98. The number of carbonyl (C=O) groups is 2. The van der Waals surface area contributed by atoms with Crippen LogP contribution < -0.4 is 10.6 Å². The van der Waals surface area contributed by atoms with E-state index in [0.29, 0.717) is 6.42 Å². The fourth-order valence-corrected chi connectivity index (χ4v) is 0.765. The first kappa shape index (κ1) is 12.9. The summed E-state index contributed by atoms with van der Waals surface area (Å²) in [5.41, 5.74) is -0.645. The maximum absolute atomic E-state index is 11.2. The molecule has 3 N–H and O–H groups in total. The van der Waals surface area contributed by atoms with Gasteiger partial charge in [0.2, 0.25) is 11.8 Å². The zero-order valence-electron chi connectivity index (χ0n) is 8.89. The molecule has 0 heterocycles. The number of carbonyl (C=O) groups excluding carboxylic acids is 2. The van der Waals surface area contributed by atoms with Gasteiger partial charge in [-0.25, -0.2) is 0 Å². The fraction of sp³-hybridized carbons (Fsp3) is 0.778. The highest BCUT2D eigenvalue weighted by molar-refractivity contribution is 5.84. The second-order valence-electron chi connectivity index (χ2n) is 3.72. The summed E-state index contributed by atoms with van der Waals surface area (Å²) in [7, 11) is 0. The molecule has 82 valence electrons. The highest BCUT2D eigenvalue weighted by atomic mass is 16.3. The maximum atomic E-state index is 11.2. The average molecular weight is 202 g/mol. The summed E-state index contributed by atoms with van der Waals surface area (Å²) < 4.78 is 0. The first-order valence-corrected chi connectivity index (χ1v) is 4.60. The predicted molar refractivity (Wildman–Crippen MR) is 52.6 cm³/mol. The summed E-state index contributed by atoms with van der Waals surface area (Å²) >= 11 is 0.